The fourth-order valence-corrected chi connectivity index (χ4v) is 3.28. The van der Waals surface area contributed by atoms with E-state index in [4.69, 9.17) is 9.47 Å². The predicted molar refractivity (Wildman–Crippen MR) is 114 cm³/mol. The van der Waals surface area contributed by atoms with Crippen LogP contribution in [-0.2, 0) is 0 Å². The van der Waals surface area contributed by atoms with Gasteiger partial charge in [-0.15, -0.1) is 0 Å². The van der Waals surface area contributed by atoms with Crippen LogP contribution < -0.4 is 9.47 Å². The van der Waals surface area contributed by atoms with Crippen LogP contribution in [0.5, 0.6) is 23.0 Å². The van der Waals surface area contributed by atoms with Crippen molar-refractivity contribution >= 4 is 0 Å². The molecule has 0 bridgehead atoms. The third kappa shape index (κ3) is 5.12. The maximum absolute atomic E-state index is 9.97. The lowest BCUT2D eigenvalue weighted by atomic mass is 10.0. The Hall–Kier alpha value is -2.36. The summed E-state index contributed by atoms with van der Waals surface area (Å²) in [5.74, 6) is 2.45. The molecule has 0 aromatic heterocycles. The zero-order valence-electron chi connectivity index (χ0n) is 18.1. The molecule has 28 heavy (non-hydrogen) atoms. The number of unbranched alkanes of at least 4 members (excludes halogenated alkanes) is 3. The summed E-state index contributed by atoms with van der Waals surface area (Å²) < 4.78 is 11.8. The molecule has 4 nitrogen and oxygen atoms in total. The minimum Gasteiger partial charge on any atom is -0.507 e. The van der Waals surface area contributed by atoms with Gasteiger partial charge in [-0.2, -0.15) is 0 Å². The van der Waals surface area contributed by atoms with Crippen molar-refractivity contribution in [1.82, 2.24) is 0 Å². The molecule has 154 valence electrons. The molecule has 2 aromatic carbocycles. The van der Waals surface area contributed by atoms with Crippen molar-refractivity contribution < 1.29 is 19.7 Å². The minimum absolute atomic E-state index is 0.360. The first-order chi connectivity index (χ1) is 13.2. The Bertz CT molecular complexity index is 755. The monoisotopic (exact) mass is 386 g/mol. The van der Waals surface area contributed by atoms with Crippen molar-refractivity contribution in [2.24, 2.45) is 0 Å². The molecule has 0 fully saturated rings. The number of ether oxygens (including phenoxy) is 2. The van der Waals surface area contributed by atoms with E-state index in [0.717, 1.165) is 70.6 Å². The Morgan fingerprint density at radius 3 is 1.29 bits per heavy atom. The number of aromatic hydroxyl groups is 2. The first-order valence-corrected chi connectivity index (χ1v) is 10.1. The van der Waals surface area contributed by atoms with E-state index in [1.54, 1.807) is 0 Å². The molecule has 0 amide bonds. The fraction of sp³-hybridized carbons (Fsp3) is 0.500. The molecule has 2 aromatic rings. The third-order valence-electron chi connectivity index (χ3n) is 5.57. The lowest BCUT2D eigenvalue weighted by Gasteiger charge is -2.15. The Morgan fingerprint density at radius 1 is 0.571 bits per heavy atom. The molecule has 0 radical (unpaired) electrons. The molecule has 2 N–H and O–H groups in total. The van der Waals surface area contributed by atoms with Gasteiger partial charge in [0.05, 0.1) is 13.2 Å². The summed E-state index contributed by atoms with van der Waals surface area (Å²) in [6.07, 6.45) is 4.17. The average molecular weight is 387 g/mol. The maximum Gasteiger partial charge on any atom is 0.122 e. The summed E-state index contributed by atoms with van der Waals surface area (Å²) in [4.78, 5) is 0. The maximum atomic E-state index is 9.97. The average Bonchev–Trinajstić information content (AvgIpc) is 2.68. The topological polar surface area (TPSA) is 58.9 Å². The fourth-order valence-electron chi connectivity index (χ4n) is 3.28. The van der Waals surface area contributed by atoms with Crippen LogP contribution >= 0.6 is 0 Å². The summed E-state index contributed by atoms with van der Waals surface area (Å²) in [6, 6.07) is 3.82. The van der Waals surface area contributed by atoms with Crippen LogP contribution in [0.4, 0.5) is 0 Å². The Balaban J connectivity index is 1.68. The van der Waals surface area contributed by atoms with Crippen LogP contribution in [0.25, 0.3) is 0 Å². The van der Waals surface area contributed by atoms with Gasteiger partial charge in [0, 0.05) is 0 Å². The lowest BCUT2D eigenvalue weighted by molar-refractivity contribution is 0.285. The van der Waals surface area contributed by atoms with E-state index in [9.17, 15) is 10.2 Å². The van der Waals surface area contributed by atoms with Crippen molar-refractivity contribution in [3.63, 3.8) is 0 Å². The third-order valence-corrected chi connectivity index (χ3v) is 5.57. The van der Waals surface area contributed by atoms with E-state index in [1.165, 1.54) is 0 Å². The Morgan fingerprint density at radius 2 is 0.929 bits per heavy atom. The molecule has 0 saturated carbocycles. The van der Waals surface area contributed by atoms with Crippen molar-refractivity contribution in [3.8, 4) is 23.0 Å². The van der Waals surface area contributed by atoms with Crippen molar-refractivity contribution in [2.45, 2.75) is 67.2 Å². The molecule has 0 aliphatic rings. The van der Waals surface area contributed by atoms with Gasteiger partial charge < -0.3 is 19.7 Å². The van der Waals surface area contributed by atoms with Crippen LogP contribution in [0.1, 0.15) is 59.1 Å². The number of phenolic OH excluding ortho intramolecular Hbond substituents is 2. The van der Waals surface area contributed by atoms with Crippen LogP contribution in [0.2, 0.25) is 0 Å². The molecule has 0 unspecified atom stereocenters. The Kier molecular flexibility index (Phi) is 7.61. The van der Waals surface area contributed by atoms with Crippen LogP contribution in [0, 0.1) is 41.5 Å². The number of aryl methyl sites for hydroxylation is 2. The summed E-state index contributed by atoms with van der Waals surface area (Å²) in [7, 11) is 0. The van der Waals surface area contributed by atoms with Gasteiger partial charge >= 0.3 is 0 Å². The van der Waals surface area contributed by atoms with Gasteiger partial charge in [0.25, 0.3) is 0 Å². The van der Waals surface area contributed by atoms with Crippen molar-refractivity contribution in [3.05, 3.63) is 45.5 Å². The zero-order chi connectivity index (χ0) is 20.8. The van der Waals surface area contributed by atoms with E-state index in [-0.39, 0.29) is 0 Å². The van der Waals surface area contributed by atoms with E-state index < -0.39 is 0 Å². The molecule has 0 heterocycles. The molecular formula is C24H34O4. The molecule has 0 aliphatic heterocycles. The lowest BCUT2D eigenvalue weighted by Crippen LogP contribution is -2.03. The predicted octanol–water partition coefficient (Wildman–Crippen LogP) is 5.97. The van der Waals surface area contributed by atoms with Gasteiger partial charge in [-0.05, 0) is 113 Å². The van der Waals surface area contributed by atoms with Crippen molar-refractivity contribution in [2.75, 3.05) is 13.2 Å². The summed E-state index contributed by atoms with van der Waals surface area (Å²) in [5.41, 5.74) is 5.50. The van der Waals surface area contributed by atoms with Crippen molar-refractivity contribution in [1.29, 1.82) is 0 Å². The SMILES string of the molecule is Cc1cc(OCCCCCCOc2cc(C)c(O)c(C)c2C)c(C)c(C)c1O. The molecular weight excluding hydrogens is 352 g/mol. The zero-order valence-corrected chi connectivity index (χ0v) is 18.1. The molecule has 4 heteroatoms. The standard InChI is InChI=1S/C24H34O4/c1-15-13-21(17(3)19(5)23(15)25)27-11-9-7-8-10-12-28-22-14-16(2)24(26)20(6)18(22)4/h13-14,25-26H,7-12H2,1-6H3. The van der Waals surface area contributed by atoms with Gasteiger partial charge in [-0.3, -0.25) is 0 Å². The van der Waals surface area contributed by atoms with E-state index in [1.807, 2.05) is 53.7 Å². The summed E-state index contributed by atoms with van der Waals surface area (Å²) >= 11 is 0. The molecule has 0 atom stereocenters. The van der Waals surface area contributed by atoms with Gasteiger partial charge in [0.15, 0.2) is 0 Å². The first-order valence-electron chi connectivity index (χ1n) is 10.1. The largest absolute Gasteiger partial charge is 0.507 e. The number of benzene rings is 2. The molecule has 2 rings (SSSR count). The van der Waals surface area contributed by atoms with Gasteiger partial charge in [-0.1, -0.05) is 0 Å². The first kappa shape index (κ1) is 21.9. The van der Waals surface area contributed by atoms with E-state index in [2.05, 4.69) is 0 Å². The summed E-state index contributed by atoms with van der Waals surface area (Å²) in [5, 5.41) is 19.9. The molecule has 0 saturated heterocycles. The normalized spacial score (nSPS) is 10.9. The highest BCUT2D eigenvalue weighted by Crippen LogP contribution is 2.33. The van der Waals surface area contributed by atoms with E-state index >= 15 is 0 Å². The van der Waals surface area contributed by atoms with E-state index in [0.29, 0.717) is 24.7 Å². The van der Waals surface area contributed by atoms with Gasteiger partial charge in [0.1, 0.15) is 23.0 Å². The number of phenols is 2. The summed E-state index contributed by atoms with van der Waals surface area (Å²) in [6.45, 7) is 13.0. The second kappa shape index (κ2) is 9.72. The number of hydrogen-bond acceptors (Lipinski definition) is 4. The molecule has 0 aliphatic carbocycles. The molecule has 0 spiro atoms. The number of rotatable bonds is 9. The second-order valence-electron chi connectivity index (χ2n) is 7.69. The Labute approximate surface area is 169 Å². The van der Waals surface area contributed by atoms with Crippen LogP contribution in [0.15, 0.2) is 12.1 Å². The van der Waals surface area contributed by atoms with Crippen LogP contribution in [0.3, 0.4) is 0 Å². The highest BCUT2D eigenvalue weighted by Gasteiger charge is 2.11. The highest BCUT2D eigenvalue weighted by atomic mass is 16.5. The smallest absolute Gasteiger partial charge is 0.122 e. The number of hydrogen-bond donors (Lipinski definition) is 2. The van der Waals surface area contributed by atoms with Crippen LogP contribution in [-0.4, -0.2) is 23.4 Å². The van der Waals surface area contributed by atoms with Gasteiger partial charge in [0.2, 0.25) is 0 Å². The minimum atomic E-state index is 0.360. The van der Waals surface area contributed by atoms with Gasteiger partial charge in [-0.25, -0.2) is 0 Å². The quantitative estimate of drug-likeness (QED) is 0.522. The second-order valence-corrected chi connectivity index (χ2v) is 7.69. The highest BCUT2D eigenvalue weighted by molar-refractivity contribution is 5.52.